The first kappa shape index (κ1) is 29.4. The maximum atomic E-state index is 14.3. The number of aromatic amines is 1. The smallest absolute Gasteiger partial charge is 0.342 e. The number of carbonyl (C=O) groups excluding carboxylic acids is 3. The van der Waals surface area contributed by atoms with Gasteiger partial charge in [-0.15, -0.1) is 0 Å². The van der Waals surface area contributed by atoms with Crippen molar-refractivity contribution in [3.63, 3.8) is 0 Å². The first-order valence-electron chi connectivity index (χ1n) is 14.6. The second-order valence-electron chi connectivity index (χ2n) is 10.6. The van der Waals surface area contributed by atoms with Gasteiger partial charge < -0.3 is 14.5 Å². The van der Waals surface area contributed by atoms with Crippen LogP contribution in [0.4, 0.5) is 16.2 Å². The molecule has 1 aliphatic rings. The number of aromatic nitrogens is 1. The Hall–Kier alpha value is -5.70. The van der Waals surface area contributed by atoms with Crippen LogP contribution in [0.5, 0.6) is 11.5 Å². The Labute approximate surface area is 260 Å². The van der Waals surface area contributed by atoms with Crippen LogP contribution < -0.4 is 19.3 Å². The van der Waals surface area contributed by atoms with Crippen molar-refractivity contribution >= 4 is 45.8 Å². The lowest BCUT2D eigenvalue weighted by molar-refractivity contribution is -0.129. The average Bonchev–Trinajstić information content (AvgIpc) is 3.38. The number of hydrogen-bond acceptors (Lipinski definition) is 6. The molecule has 2 heterocycles. The summed E-state index contributed by atoms with van der Waals surface area (Å²) < 4.78 is 10.8. The van der Waals surface area contributed by atoms with Gasteiger partial charge in [-0.05, 0) is 91.2 Å². The number of H-pyrrole nitrogens is 1. The van der Waals surface area contributed by atoms with Crippen LogP contribution in [0.15, 0.2) is 108 Å². The quantitative estimate of drug-likeness (QED) is 0.157. The number of nitrogens with one attached hydrogen (secondary N) is 1. The Morgan fingerprint density at radius 2 is 1.31 bits per heavy atom. The monoisotopic (exact) mass is 600 g/mol. The fourth-order valence-corrected chi connectivity index (χ4v) is 5.73. The molecule has 4 aromatic carbocycles. The largest absolute Gasteiger partial charge is 0.497 e. The summed E-state index contributed by atoms with van der Waals surface area (Å²) in [4.78, 5) is 52.9. The molecule has 5 aromatic rings. The summed E-state index contributed by atoms with van der Waals surface area (Å²) in [5.41, 5.74) is 4.63. The number of nitrogens with zero attached hydrogens (tertiary/aromatic N) is 3. The van der Waals surface area contributed by atoms with Gasteiger partial charge in [-0.3, -0.25) is 14.6 Å². The third-order valence-electron chi connectivity index (χ3n) is 7.98. The number of barbiturate groups is 1. The SMILES string of the molecule is COc1ccc(C(=NCCc2c(C)[nH]c3ccc(OC)cc23)C2C(=O)N(c3ccccc3)C(=O)N(c3ccccc3)C2=O)cc1. The molecule has 0 radical (unpaired) electrons. The number of rotatable bonds is 9. The van der Waals surface area contributed by atoms with Crippen LogP contribution in [0.3, 0.4) is 0 Å². The molecule has 1 aliphatic heterocycles. The van der Waals surface area contributed by atoms with Gasteiger partial charge in [0.1, 0.15) is 11.5 Å². The molecule has 0 bridgehead atoms. The van der Waals surface area contributed by atoms with E-state index < -0.39 is 23.8 Å². The number of hydrogen-bond donors (Lipinski definition) is 1. The molecule has 1 aromatic heterocycles. The highest BCUT2D eigenvalue weighted by atomic mass is 16.5. The molecule has 0 unspecified atom stereocenters. The fraction of sp³-hybridized carbons (Fsp3) is 0.167. The number of benzene rings is 4. The van der Waals surface area contributed by atoms with Crippen LogP contribution in [0.25, 0.3) is 10.9 Å². The predicted molar refractivity (Wildman–Crippen MR) is 174 cm³/mol. The normalized spacial score (nSPS) is 14.4. The lowest BCUT2D eigenvalue weighted by atomic mass is 9.91. The summed E-state index contributed by atoms with van der Waals surface area (Å²) in [6.07, 6.45) is 0.539. The predicted octanol–water partition coefficient (Wildman–Crippen LogP) is 6.34. The van der Waals surface area contributed by atoms with Gasteiger partial charge in [-0.2, -0.15) is 0 Å². The van der Waals surface area contributed by atoms with E-state index >= 15 is 0 Å². The highest BCUT2D eigenvalue weighted by Crippen LogP contribution is 2.32. The van der Waals surface area contributed by atoms with Crippen molar-refractivity contribution in [1.29, 1.82) is 0 Å². The third kappa shape index (κ3) is 5.56. The Morgan fingerprint density at radius 1 is 0.756 bits per heavy atom. The van der Waals surface area contributed by atoms with Gasteiger partial charge in [0.15, 0.2) is 5.92 Å². The molecule has 1 fully saturated rings. The lowest BCUT2D eigenvalue weighted by Crippen LogP contribution is -2.62. The molecular weight excluding hydrogens is 568 g/mol. The van der Waals surface area contributed by atoms with Crippen LogP contribution in [-0.4, -0.2) is 49.3 Å². The van der Waals surface area contributed by atoms with Crippen LogP contribution >= 0.6 is 0 Å². The van der Waals surface area contributed by atoms with E-state index in [2.05, 4.69) is 4.98 Å². The maximum absolute atomic E-state index is 14.3. The first-order valence-corrected chi connectivity index (χ1v) is 14.6. The van der Waals surface area contributed by atoms with Gasteiger partial charge >= 0.3 is 6.03 Å². The average molecular weight is 601 g/mol. The number of aryl methyl sites for hydroxylation is 1. The number of para-hydroxylation sites is 2. The molecule has 1 N–H and O–H groups in total. The number of fused-ring (bicyclic) bond motifs is 1. The van der Waals surface area contributed by atoms with Crippen molar-refractivity contribution in [3.05, 3.63) is 120 Å². The number of urea groups is 1. The zero-order valence-electron chi connectivity index (χ0n) is 25.2. The molecule has 0 aliphatic carbocycles. The van der Waals surface area contributed by atoms with Crippen molar-refractivity contribution in [2.24, 2.45) is 10.9 Å². The first-order chi connectivity index (χ1) is 21.9. The molecule has 9 nitrogen and oxygen atoms in total. The van der Waals surface area contributed by atoms with Crippen molar-refractivity contribution in [3.8, 4) is 11.5 Å². The molecule has 1 saturated heterocycles. The zero-order chi connectivity index (χ0) is 31.5. The number of anilines is 2. The molecule has 0 atom stereocenters. The van der Waals surface area contributed by atoms with Gasteiger partial charge in [0.05, 0.1) is 31.3 Å². The van der Waals surface area contributed by atoms with E-state index in [-0.39, 0.29) is 12.3 Å². The third-order valence-corrected chi connectivity index (χ3v) is 7.98. The van der Waals surface area contributed by atoms with Crippen LogP contribution in [0.1, 0.15) is 16.8 Å². The number of amides is 4. The minimum atomic E-state index is -1.37. The van der Waals surface area contributed by atoms with Gasteiger partial charge in [-0.1, -0.05) is 36.4 Å². The molecule has 226 valence electrons. The van der Waals surface area contributed by atoms with E-state index in [0.717, 1.165) is 37.7 Å². The highest BCUT2D eigenvalue weighted by Gasteiger charge is 2.49. The van der Waals surface area contributed by atoms with E-state index in [1.807, 2.05) is 25.1 Å². The number of ether oxygens (including phenoxy) is 2. The molecule has 0 saturated carbocycles. The van der Waals surface area contributed by atoms with Crippen molar-refractivity contribution < 1.29 is 23.9 Å². The number of aliphatic imine (C=N–C) groups is 1. The number of carbonyl (C=O) groups is 3. The maximum Gasteiger partial charge on any atom is 0.342 e. The molecule has 6 rings (SSSR count). The van der Waals surface area contributed by atoms with Crippen molar-refractivity contribution in [1.82, 2.24) is 4.98 Å². The highest BCUT2D eigenvalue weighted by molar-refractivity contribution is 6.43. The Bertz CT molecular complexity index is 1840. The molecule has 45 heavy (non-hydrogen) atoms. The lowest BCUT2D eigenvalue weighted by Gasteiger charge is -2.37. The summed E-state index contributed by atoms with van der Waals surface area (Å²) in [6.45, 7) is 2.29. The molecule has 0 spiro atoms. The zero-order valence-corrected chi connectivity index (χ0v) is 25.2. The fourth-order valence-electron chi connectivity index (χ4n) is 5.73. The Morgan fingerprint density at radius 3 is 1.87 bits per heavy atom. The molecule has 4 amide bonds. The Kier molecular flexibility index (Phi) is 8.16. The van der Waals surface area contributed by atoms with E-state index in [9.17, 15) is 14.4 Å². The van der Waals surface area contributed by atoms with Crippen LogP contribution in [0, 0.1) is 12.8 Å². The van der Waals surface area contributed by atoms with Gasteiger partial charge in [0.25, 0.3) is 11.8 Å². The van der Waals surface area contributed by atoms with Gasteiger partial charge in [0, 0.05) is 23.1 Å². The van der Waals surface area contributed by atoms with Gasteiger partial charge in [0.2, 0.25) is 0 Å². The van der Waals surface area contributed by atoms with E-state index in [0.29, 0.717) is 29.1 Å². The summed E-state index contributed by atoms with van der Waals surface area (Å²) in [6, 6.07) is 29.4. The second kappa shape index (κ2) is 12.5. The molecule has 9 heteroatoms. The van der Waals surface area contributed by atoms with Crippen LogP contribution in [0.2, 0.25) is 0 Å². The van der Waals surface area contributed by atoms with E-state index in [1.165, 1.54) is 0 Å². The van der Waals surface area contributed by atoms with Gasteiger partial charge in [-0.25, -0.2) is 14.6 Å². The van der Waals surface area contributed by atoms with E-state index in [4.69, 9.17) is 14.5 Å². The summed E-state index contributed by atoms with van der Waals surface area (Å²) in [5, 5.41) is 1.02. The topological polar surface area (TPSA) is 104 Å². The van der Waals surface area contributed by atoms with Crippen LogP contribution in [-0.2, 0) is 16.0 Å². The standard InChI is InChI=1S/C36H32N4O5/c1-23-29(30-22-28(45-3)18-19-31(30)38-23)20-21-37-33(24-14-16-27(44-2)17-15-24)32-34(41)39(25-10-6-4-7-11-25)36(43)40(35(32)42)26-12-8-5-9-13-26/h4-19,22,32,38H,20-21H2,1-3H3. The molecular formula is C36H32N4O5. The Balaban J connectivity index is 1.45. The summed E-state index contributed by atoms with van der Waals surface area (Å²) in [5.74, 6) is -1.33. The minimum Gasteiger partial charge on any atom is -0.497 e. The second-order valence-corrected chi connectivity index (χ2v) is 10.6. The van der Waals surface area contributed by atoms with Crippen molar-refractivity contribution in [2.75, 3.05) is 30.6 Å². The summed E-state index contributed by atoms with van der Waals surface area (Å²) >= 11 is 0. The number of imide groups is 2. The van der Waals surface area contributed by atoms with Crippen molar-refractivity contribution in [2.45, 2.75) is 13.3 Å². The summed E-state index contributed by atoms with van der Waals surface area (Å²) in [7, 11) is 3.20. The number of methoxy groups -OCH3 is 2. The van der Waals surface area contributed by atoms with E-state index in [1.54, 1.807) is 99.1 Å². The minimum absolute atomic E-state index is 0.275.